The summed E-state index contributed by atoms with van der Waals surface area (Å²) in [6.07, 6.45) is -0.966. The zero-order valence-electron chi connectivity index (χ0n) is 15.9. The van der Waals surface area contributed by atoms with Gasteiger partial charge in [0, 0.05) is 16.3 Å². The Morgan fingerprint density at radius 2 is 1.81 bits per heavy atom. The second-order valence-electron chi connectivity index (χ2n) is 6.50. The molecule has 0 heterocycles. The summed E-state index contributed by atoms with van der Waals surface area (Å²) in [6.45, 7) is 5.64. The number of carbonyl (C=O) groups excluding carboxylic acids is 2. The average molecular weight is 390 g/mol. The van der Waals surface area contributed by atoms with Gasteiger partial charge in [0.1, 0.15) is 5.75 Å². The van der Waals surface area contributed by atoms with Crippen molar-refractivity contribution in [2.75, 3.05) is 12.4 Å². The molecule has 27 heavy (non-hydrogen) atoms. The van der Waals surface area contributed by atoms with Crippen molar-refractivity contribution in [1.82, 2.24) is 0 Å². The van der Waals surface area contributed by atoms with Crippen molar-refractivity contribution in [3.8, 4) is 5.75 Å². The fourth-order valence-corrected chi connectivity index (χ4v) is 2.88. The van der Waals surface area contributed by atoms with Crippen LogP contribution in [0.4, 0.5) is 5.69 Å². The van der Waals surface area contributed by atoms with Crippen LogP contribution in [-0.2, 0) is 20.7 Å². The van der Waals surface area contributed by atoms with Gasteiger partial charge < -0.3 is 14.8 Å². The summed E-state index contributed by atoms with van der Waals surface area (Å²) in [6, 6.07) is 12.6. The minimum absolute atomic E-state index is 0.0378. The number of carbonyl (C=O) groups is 2. The monoisotopic (exact) mass is 389 g/mol. The van der Waals surface area contributed by atoms with Crippen molar-refractivity contribution >= 4 is 29.2 Å². The number of hydrogen-bond donors (Lipinski definition) is 1. The number of amides is 1. The first-order valence-corrected chi connectivity index (χ1v) is 9.11. The molecule has 0 unspecified atom stereocenters. The highest BCUT2D eigenvalue weighted by Gasteiger charge is 2.20. The van der Waals surface area contributed by atoms with Crippen LogP contribution in [0.1, 0.15) is 37.8 Å². The lowest BCUT2D eigenvalue weighted by Gasteiger charge is -2.17. The summed E-state index contributed by atoms with van der Waals surface area (Å²) in [5.74, 6) is -0.112. The van der Waals surface area contributed by atoms with Crippen LogP contribution in [0.3, 0.4) is 0 Å². The zero-order chi connectivity index (χ0) is 20.0. The first-order chi connectivity index (χ1) is 12.8. The highest BCUT2D eigenvalue weighted by Crippen LogP contribution is 2.25. The Balaban J connectivity index is 2.00. The molecule has 0 aliphatic heterocycles. The standard InChI is InChI=1S/C21H24ClNO4/c1-13(2)17-7-5-6-8-18(17)23-21(25)14(3)27-20(24)12-15-11-16(22)9-10-19(15)26-4/h5-11,13-14H,12H2,1-4H3,(H,23,25)/t14-/m1/s1. The molecule has 0 aliphatic rings. The summed E-state index contributed by atoms with van der Waals surface area (Å²) in [5.41, 5.74) is 2.35. The molecule has 6 heteroatoms. The highest BCUT2D eigenvalue weighted by atomic mass is 35.5. The molecular weight excluding hydrogens is 366 g/mol. The molecule has 0 bridgehead atoms. The number of methoxy groups -OCH3 is 1. The minimum atomic E-state index is -0.928. The van der Waals surface area contributed by atoms with Gasteiger partial charge in [-0.1, -0.05) is 43.6 Å². The van der Waals surface area contributed by atoms with Gasteiger partial charge in [-0.3, -0.25) is 9.59 Å². The van der Waals surface area contributed by atoms with Crippen LogP contribution < -0.4 is 10.1 Å². The molecule has 0 saturated heterocycles. The molecule has 2 aromatic carbocycles. The number of hydrogen-bond acceptors (Lipinski definition) is 4. The fraction of sp³-hybridized carbons (Fsp3) is 0.333. The Labute approximate surface area is 164 Å². The predicted molar refractivity (Wildman–Crippen MR) is 106 cm³/mol. The number of esters is 1. The number of rotatable bonds is 7. The lowest BCUT2D eigenvalue weighted by Crippen LogP contribution is -2.30. The third-order valence-corrected chi connectivity index (χ3v) is 4.33. The SMILES string of the molecule is COc1ccc(Cl)cc1CC(=O)O[C@H](C)C(=O)Nc1ccccc1C(C)C. The lowest BCUT2D eigenvalue weighted by molar-refractivity contribution is -0.152. The third kappa shape index (κ3) is 5.73. The molecule has 2 aromatic rings. The van der Waals surface area contributed by atoms with E-state index in [0.717, 1.165) is 11.3 Å². The minimum Gasteiger partial charge on any atom is -0.496 e. The first-order valence-electron chi connectivity index (χ1n) is 8.73. The number of para-hydroxylation sites is 1. The summed E-state index contributed by atoms with van der Waals surface area (Å²) >= 11 is 5.97. The van der Waals surface area contributed by atoms with Gasteiger partial charge in [-0.15, -0.1) is 0 Å². The molecule has 0 radical (unpaired) electrons. The molecular formula is C21H24ClNO4. The summed E-state index contributed by atoms with van der Waals surface area (Å²) in [7, 11) is 1.51. The smallest absolute Gasteiger partial charge is 0.311 e. The van der Waals surface area contributed by atoms with Crippen LogP contribution in [0.25, 0.3) is 0 Å². The number of halogens is 1. The van der Waals surface area contributed by atoms with Gasteiger partial charge >= 0.3 is 5.97 Å². The van der Waals surface area contributed by atoms with Gasteiger partial charge in [0.25, 0.3) is 5.91 Å². The van der Waals surface area contributed by atoms with E-state index < -0.39 is 12.1 Å². The lowest BCUT2D eigenvalue weighted by atomic mass is 10.0. The predicted octanol–water partition coefficient (Wildman–Crippen LogP) is 4.58. The molecule has 1 amide bonds. The number of anilines is 1. The van der Waals surface area contributed by atoms with Crippen molar-refractivity contribution in [1.29, 1.82) is 0 Å². The number of ether oxygens (including phenoxy) is 2. The van der Waals surface area contributed by atoms with E-state index in [2.05, 4.69) is 5.32 Å². The average Bonchev–Trinajstić information content (AvgIpc) is 2.62. The molecule has 2 rings (SSSR count). The van der Waals surface area contributed by atoms with Crippen LogP contribution in [0.5, 0.6) is 5.75 Å². The van der Waals surface area contributed by atoms with Crippen LogP contribution >= 0.6 is 11.6 Å². The third-order valence-electron chi connectivity index (χ3n) is 4.10. The van der Waals surface area contributed by atoms with Crippen LogP contribution in [-0.4, -0.2) is 25.1 Å². The van der Waals surface area contributed by atoms with E-state index in [1.165, 1.54) is 7.11 Å². The van der Waals surface area contributed by atoms with E-state index in [9.17, 15) is 9.59 Å². The van der Waals surface area contributed by atoms with Crippen LogP contribution in [0, 0.1) is 0 Å². The maximum Gasteiger partial charge on any atom is 0.311 e. The molecule has 0 fully saturated rings. The zero-order valence-corrected chi connectivity index (χ0v) is 16.7. The maximum absolute atomic E-state index is 12.4. The van der Waals surface area contributed by atoms with Gasteiger partial charge in [0.15, 0.2) is 6.10 Å². The van der Waals surface area contributed by atoms with Gasteiger partial charge in [-0.2, -0.15) is 0 Å². The molecule has 1 atom stereocenters. The topological polar surface area (TPSA) is 64.6 Å². The van der Waals surface area contributed by atoms with E-state index >= 15 is 0 Å². The van der Waals surface area contributed by atoms with Crippen LogP contribution in [0.2, 0.25) is 5.02 Å². The summed E-state index contributed by atoms with van der Waals surface area (Å²) in [5, 5.41) is 3.33. The Bertz CT molecular complexity index is 820. The van der Waals surface area contributed by atoms with E-state index in [0.29, 0.717) is 16.3 Å². The van der Waals surface area contributed by atoms with Crippen molar-refractivity contribution < 1.29 is 19.1 Å². The van der Waals surface area contributed by atoms with Gasteiger partial charge in [0.2, 0.25) is 0 Å². The van der Waals surface area contributed by atoms with E-state index in [-0.39, 0.29) is 18.2 Å². The maximum atomic E-state index is 12.4. The Kier molecular flexibility index (Phi) is 7.25. The Hall–Kier alpha value is -2.53. The molecule has 1 N–H and O–H groups in total. The number of benzene rings is 2. The quantitative estimate of drug-likeness (QED) is 0.703. The molecule has 144 valence electrons. The van der Waals surface area contributed by atoms with Crippen molar-refractivity contribution in [2.24, 2.45) is 0 Å². The number of nitrogens with one attached hydrogen (secondary N) is 1. The second-order valence-corrected chi connectivity index (χ2v) is 6.93. The Morgan fingerprint density at radius 3 is 2.48 bits per heavy atom. The van der Waals surface area contributed by atoms with E-state index in [4.69, 9.17) is 21.1 Å². The molecule has 0 aromatic heterocycles. The van der Waals surface area contributed by atoms with E-state index in [1.807, 2.05) is 38.1 Å². The van der Waals surface area contributed by atoms with Crippen molar-refractivity contribution in [2.45, 2.75) is 39.2 Å². The summed E-state index contributed by atoms with van der Waals surface area (Å²) in [4.78, 5) is 24.7. The summed E-state index contributed by atoms with van der Waals surface area (Å²) < 4.78 is 10.5. The van der Waals surface area contributed by atoms with E-state index in [1.54, 1.807) is 25.1 Å². The van der Waals surface area contributed by atoms with Crippen LogP contribution in [0.15, 0.2) is 42.5 Å². The normalized spacial score (nSPS) is 11.8. The van der Waals surface area contributed by atoms with Crippen molar-refractivity contribution in [3.05, 3.63) is 58.6 Å². The molecule has 0 aliphatic carbocycles. The van der Waals surface area contributed by atoms with Gasteiger partial charge in [-0.05, 0) is 42.7 Å². The molecule has 0 spiro atoms. The Morgan fingerprint density at radius 1 is 1.11 bits per heavy atom. The molecule has 5 nitrogen and oxygen atoms in total. The van der Waals surface area contributed by atoms with Gasteiger partial charge in [0.05, 0.1) is 13.5 Å². The first kappa shape index (κ1) is 20.8. The second kappa shape index (κ2) is 9.42. The highest BCUT2D eigenvalue weighted by molar-refractivity contribution is 6.30. The largest absolute Gasteiger partial charge is 0.496 e. The van der Waals surface area contributed by atoms with Gasteiger partial charge in [-0.25, -0.2) is 0 Å². The van der Waals surface area contributed by atoms with Crippen molar-refractivity contribution in [3.63, 3.8) is 0 Å². The molecule has 0 saturated carbocycles. The fourth-order valence-electron chi connectivity index (χ4n) is 2.68.